The van der Waals surface area contributed by atoms with Gasteiger partial charge in [-0.2, -0.15) is 0 Å². The lowest BCUT2D eigenvalue weighted by Crippen LogP contribution is -2.24. The number of hydrogen-bond donors (Lipinski definition) is 0. The fourth-order valence-corrected chi connectivity index (χ4v) is 3.04. The molecule has 0 saturated heterocycles. The van der Waals surface area contributed by atoms with Crippen LogP contribution in [0.3, 0.4) is 0 Å². The van der Waals surface area contributed by atoms with Gasteiger partial charge in [0.15, 0.2) is 11.6 Å². The molecule has 0 N–H and O–H groups in total. The van der Waals surface area contributed by atoms with Gasteiger partial charge in [0.2, 0.25) is 0 Å². The van der Waals surface area contributed by atoms with Gasteiger partial charge < -0.3 is 13.9 Å². The highest BCUT2D eigenvalue weighted by Crippen LogP contribution is 2.36. The Balaban J connectivity index is 1.92. The lowest BCUT2D eigenvalue weighted by atomic mass is 9.79. The predicted octanol–water partition coefficient (Wildman–Crippen LogP) is 2.57. The highest BCUT2D eigenvalue weighted by molar-refractivity contribution is 5.96. The zero-order chi connectivity index (χ0) is 17.7. The number of carbonyl (C=O) groups is 3. The molecule has 1 aromatic heterocycles. The molecule has 0 aliphatic heterocycles. The van der Waals surface area contributed by atoms with Crippen molar-refractivity contribution in [3.8, 4) is 0 Å². The highest BCUT2D eigenvalue weighted by Gasteiger charge is 2.31. The Hall–Kier alpha value is -2.18. The van der Waals surface area contributed by atoms with Gasteiger partial charge in [-0.3, -0.25) is 9.59 Å². The van der Waals surface area contributed by atoms with Gasteiger partial charge in [0, 0.05) is 11.8 Å². The zero-order valence-corrected chi connectivity index (χ0v) is 14.3. The van der Waals surface area contributed by atoms with E-state index in [1.165, 1.54) is 7.11 Å². The summed E-state index contributed by atoms with van der Waals surface area (Å²) in [6, 6.07) is 0. The number of ketones is 1. The third kappa shape index (κ3) is 4.21. The molecule has 2 rings (SSSR count). The van der Waals surface area contributed by atoms with E-state index >= 15 is 0 Å². The molecule has 7 heteroatoms. The van der Waals surface area contributed by atoms with Crippen LogP contribution >= 0.6 is 0 Å². The summed E-state index contributed by atoms with van der Waals surface area (Å²) in [4.78, 5) is 39.4. The summed E-state index contributed by atoms with van der Waals surface area (Å²) in [5.41, 5.74) is 0.202. The van der Waals surface area contributed by atoms with Crippen molar-refractivity contribution in [2.24, 2.45) is 5.92 Å². The number of methoxy groups -OCH3 is 1. The minimum atomic E-state index is -0.513. The summed E-state index contributed by atoms with van der Waals surface area (Å²) in [5.74, 6) is -0.126. The van der Waals surface area contributed by atoms with Gasteiger partial charge in [-0.05, 0) is 39.5 Å². The number of carbonyl (C=O) groups excluding carboxylic acids is 3. The number of rotatable bonds is 6. The fourth-order valence-electron chi connectivity index (χ4n) is 3.04. The predicted molar refractivity (Wildman–Crippen MR) is 83.5 cm³/mol. The molecule has 0 aromatic carbocycles. The Morgan fingerprint density at radius 2 is 1.88 bits per heavy atom. The molecule has 0 atom stereocenters. The van der Waals surface area contributed by atoms with Gasteiger partial charge in [0.25, 0.3) is 0 Å². The largest absolute Gasteiger partial charge is 0.466 e. The Kier molecular flexibility index (Phi) is 6.11. The van der Waals surface area contributed by atoms with Crippen LogP contribution in [0.15, 0.2) is 4.42 Å². The first-order valence-corrected chi connectivity index (χ1v) is 8.20. The van der Waals surface area contributed by atoms with Gasteiger partial charge in [-0.25, -0.2) is 9.78 Å². The second-order valence-electron chi connectivity index (χ2n) is 5.95. The molecule has 132 valence electrons. The summed E-state index contributed by atoms with van der Waals surface area (Å²) in [6.07, 6.45) is 2.67. The van der Waals surface area contributed by atoms with E-state index in [0.29, 0.717) is 24.5 Å². The molecule has 0 radical (unpaired) electrons. The van der Waals surface area contributed by atoms with Crippen LogP contribution in [0.2, 0.25) is 0 Å². The van der Waals surface area contributed by atoms with Crippen LogP contribution in [0.25, 0.3) is 0 Å². The Bertz CT molecular complexity index is 613. The number of Topliss-reactive ketones (excluding diaryl/α,β-unsaturated/α-hetero) is 1. The van der Waals surface area contributed by atoms with Crippen LogP contribution in [0.1, 0.15) is 67.1 Å². The SMILES string of the molecule is CCOC(=O)CC(=O)C1CCC(c2nc(C(=O)OC)c(C)o2)CC1. The number of nitrogens with zero attached hydrogens (tertiary/aromatic N) is 1. The van der Waals surface area contributed by atoms with Crippen molar-refractivity contribution in [1.82, 2.24) is 4.98 Å². The van der Waals surface area contributed by atoms with Crippen molar-refractivity contribution in [2.75, 3.05) is 13.7 Å². The second kappa shape index (κ2) is 8.08. The van der Waals surface area contributed by atoms with E-state index in [4.69, 9.17) is 9.15 Å². The molecule has 7 nitrogen and oxygen atoms in total. The van der Waals surface area contributed by atoms with Crippen LogP contribution in [0.5, 0.6) is 0 Å². The zero-order valence-electron chi connectivity index (χ0n) is 14.3. The van der Waals surface area contributed by atoms with E-state index < -0.39 is 11.9 Å². The molecule has 1 aromatic rings. The number of ether oxygens (including phenoxy) is 2. The van der Waals surface area contributed by atoms with Crippen molar-refractivity contribution < 1.29 is 28.3 Å². The molecule has 1 heterocycles. The van der Waals surface area contributed by atoms with Gasteiger partial charge >= 0.3 is 11.9 Å². The first-order chi connectivity index (χ1) is 11.5. The monoisotopic (exact) mass is 337 g/mol. The second-order valence-corrected chi connectivity index (χ2v) is 5.95. The van der Waals surface area contributed by atoms with Crippen LogP contribution in [0.4, 0.5) is 0 Å². The highest BCUT2D eigenvalue weighted by atomic mass is 16.5. The summed E-state index contributed by atoms with van der Waals surface area (Å²) >= 11 is 0. The van der Waals surface area contributed by atoms with Crippen LogP contribution in [0, 0.1) is 12.8 Å². The number of hydrogen-bond acceptors (Lipinski definition) is 7. The first kappa shape index (κ1) is 18.2. The Morgan fingerprint density at radius 1 is 1.21 bits per heavy atom. The molecule has 0 bridgehead atoms. The fraction of sp³-hybridized carbons (Fsp3) is 0.647. The van der Waals surface area contributed by atoms with Gasteiger partial charge in [0.05, 0.1) is 13.7 Å². The molecular formula is C17H23NO6. The lowest BCUT2D eigenvalue weighted by Gasteiger charge is -2.25. The number of aryl methyl sites for hydroxylation is 1. The topological polar surface area (TPSA) is 95.7 Å². The summed E-state index contributed by atoms with van der Waals surface area (Å²) < 4.78 is 15.1. The lowest BCUT2D eigenvalue weighted by molar-refractivity contribution is -0.146. The first-order valence-electron chi connectivity index (χ1n) is 8.20. The van der Waals surface area contributed by atoms with Crippen molar-refractivity contribution in [3.05, 3.63) is 17.3 Å². The Morgan fingerprint density at radius 3 is 2.46 bits per heavy atom. The van der Waals surface area contributed by atoms with E-state index in [2.05, 4.69) is 9.72 Å². The molecule has 0 amide bonds. The molecule has 24 heavy (non-hydrogen) atoms. The number of aromatic nitrogens is 1. The standard InChI is InChI=1S/C17H23NO6/c1-4-23-14(20)9-13(19)11-5-7-12(8-6-11)16-18-15(10(2)24-16)17(21)22-3/h11-12H,4-9H2,1-3H3. The summed E-state index contributed by atoms with van der Waals surface area (Å²) in [5, 5.41) is 0. The summed E-state index contributed by atoms with van der Waals surface area (Å²) in [6.45, 7) is 3.68. The quantitative estimate of drug-likeness (QED) is 0.581. The Labute approximate surface area is 140 Å². The minimum Gasteiger partial charge on any atom is -0.466 e. The van der Waals surface area contributed by atoms with Gasteiger partial charge in [-0.1, -0.05) is 0 Å². The smallest absolute Gasteiger partial charge is 0.360 e. The van der Waals surface area contributed by atoms with E-state index in [0.717, 1.165) is 12.8 Å². The average molecular weight is 337 g/mol. The van der Waals surface area contributed by atoms with Crippen molar-refractivity contribution in [2.45, 2.75) is 51.9 Å². The van der Waals surface area contributed by atoms with E-state index in [1.54, 1.807) is 13.8 Å². The summed E-state index contributed by atoms with van der Waals surface area (Å²) in [7, 11) is 1.30. The van der Waals surface area contributed by atoms with Crippen molar-refractivity contribution >= 4 is 17.7 Å². The third-order valence-electron chi connectivity index (χ3n) is 4.35. The van der Waals surface area contributed by atoms with Crippen LogP contribution in [-0.4, -0.2) is 36.4 Å². The maximum Gasteiger partial charge on any atom is 0.360 e. The van der Waals surface area contributed by atoms with Gasteiger partial charge in [-0.15, -0.1) is 0 Å². The van der Waals surface area contributed by atoms with Crippen LogP contribution in [-0.2, 0) is 19.1 Å². The molecule has 1 fully saturated rings. The third-order valence-corrected chi connectivity index (χ3v) is 4.35. The molecule has 0 spiro atoms. The van der Waals surface area contributed by atoms with Crippen molar-refractivity contribution in [3.63, 3.8) is 0 Å². The molecule has 1 aliphatic rings. The molecule has 0 unspecified atom stereocenters. The number of esters is 2. The van der Waals surface area contributed by atoms with E-state index in [9.17, 15) is 14.4 Å². The maximum atomic E-state index is 12.1. The molecule has 1 aliphatic carbocycles. The van der Waals surface area contributed by atoms with Crippen LogP contribution < -0.4 is 0 Å². The van der Waals surface area contributed by atoms with Gasteiger partial charge in [0.1, 0.15) is 18.0 Å². The van der Waals surface area contributed by atoms with E-state index in [-0.39, 0.29) is 36.3 Å². The minimum absolute atomic E-state index is 0.0641. The normalized spacial score (nSPS) is 20.5. The average Bonchev–Trinajstić information content (AvgIpc) is 2.96. The maximum absolute atomic E-state index is 12.1. The van der Waals surface area contributed by atoms with Crippen molar-refractivity contribution in [1.29, 1.82) is 0 Å². The molecular weight excluding hydrogens is 314 g/mol. The molecule has 1 saturated carbocycles. The van der Waals surface area contributed by atoms with E-state index in [1.807, 2.05) is 0 Å². The number of oxazole rings is 1.